The number of nitrogens with zero attached hydrogens (tertiary/aromatic N) is 6. The number of ether oxygens (including phenoxy) is 2. The van der Waals surface area contributed by atoms with Gasteiger partial charge in [-0.3, -0.25) is 14.9 Å². The number of morpholine rings is 1. The maximum absolute atomic E-state index is 5.96. The number of pyridine rings is 1. The summed E-state index contributed by atoms with van der Waals surface area (Å²) in [6, 6.07) is 11.2. The van der Waals surface area contributed by atoms with Crippen LogP contribution < -0.4 is 16.0 Å². The largest absolute Gasteiger partial charge is 0.381 e. The van der Waals surface area contributed by atoms with Gasteiger partial charge in [-0.2, -0.15) is 0 Å². The third-order valence-electron chi connectivity index (χ3n) is 25.9. The molecule has 2 aromatic heterocycles. The van der Waals surface area contributed by atoms with Crippen molar-refractivity contribution in [3.05, 3.63) is 83.2 Å². The Labute approximate surface area is 767 Å². The highest BCUT2D eigenvalue weighted by molar-refractivity contribution is 6.31. The highest BCUT2D eigenvalue weighted by Gasteiger charge is 2.25. The third kappa shape index (κ3) is 73.8. The quantitative estimate of drug-likeness (QED) is 0.0491. The molecule has 10 rings (SSSR count). The molecule has 716 valence electrons. The van der Waals surface area contributed by atoms with E-state index in [-0.39, 0.29) is 0 Å². The highest BCUT2D eigenvalue weighted by atomic mass is 35.5. The molecule has 2 saturated heterocycles. The molecular formula is C110H212ClN9O2. The van der Waals surface area contributed by atoms with Gasteiger partial charge >= 0.3 is 0 Å². The number of imidazole rings is 1. The number of aromatic nitrogens is 3. The summed E-state index contributed by atoms with van der Waals surface area (Å²) >= 11 is 5.96. The van der Waals surface area contributed by atoms with Gasteiger partial charge in [0.1, 0.15) is 0 Å². The first-order chi connectivity index (χ1) is 58.2. The van der Waals surface area contributed by atoms with Gasteiger partial charge in [0.15, 0.2) is 5.96 Å². The van der Waals surface area contributed by atoms with Crippen molar-refractivity contribution in [3.8, 4) is 0 Å². The number of hydrogen-bond acceptors (Lipinski definition) is 10. The Morgan fingerprint density at radius 1 is 0.492 bits per heavy atom. The topological polar surface area (TPSA) is 104 Å². The first-order valence-corrected chi connectivity index (χ1v) is 52.6. The Kier molecular flexibility index (Phi) is 77.0. The van der Waals surface area contributed by atoms with Gasteiger partial charge in [-0.05, 0) is 272 Å². The predicted octanol–water partition coefficient (Wildman–Crippen LogP) is 31.6. The number of aryl methyl sites for hydroxylation is 2. The lowest BCUT2D eigenvalue weighted by Crippen LogP contribution is -2.36. The Morgan fingerprint density at radius 2 is 0.975 bits per heavy atom. The van der Waals surface area contributed by atoms with Gasteiger partial charge < -0.3 is 34.9 Å². The number of likely N-dealkylation sites (tertiary alicyclic amines) is 1. The van der Waals surface area contributed by atoms with Crippen LogP contribution in [-0.2, 0) is 16.0 Å². The molecule has 4 aliphatic carbocycles. The normalized spacial score (nSPS) is 16.9. The summed E-state index contributed by atoms with van der Waals surface area (Å²) in [4.78, 5) is 17.2. The van der Waals surface area contributed by atoms with E-state index >= 15 is 0 Å². The lowest BCUT2D eigenvalue weighted by Gasteiger charge is -2.32. The van der Waals surface area contributed by atoms with Gasteiger partial charge in [0.25, 0.3) is 0 Å². The van der Waals surface area contributed by atoms with Crippen molar-refractivity contribution < 1.29 is 9.47 Å². The number of guanidine groups is 1. The molecule has 4 saturated carbocycles. The van der Waals surface area contributed by atoms with Crippen molar-refractivity contribution in [3.63, 3.8) is 0 Å². The maximum Gasteiger partial charge on any atom is 0.191 e. The zero-order chi connectivity index (χ0) is 91.0. The Morgan fingerprint density at radius 3 is 1.43 bits per heavy atom. The van der Waals surface area contributed by atoms with E-state index in [1.807, 2.05) is 56.2 Å². The fourth-order valence-electron chi connectivity index (χ4n) is 16.2. The molecule has 6 fully saturated rings. The van der Waals surface area contributed by atoms with E-state index in [0.717, 1.165) is 166 Å². The molecule has 0 spiro atoms. The zero-order valence-corrected chi connectivity index (χ0v) is 87.0. The third-order valence-corrected chi connectivity index (χ3v) is 26.3. The minimum absolute atomic E-state index is 0.553. The van der Waals surface area contributed by atoms with Crippen LogP contribution in [0.2, 0.25) is 5.02 Å². The number of halogens is 1. The lowest BCUT2D eigenvalue weighted by atomic mass is 9.74. The second kappa shape index (κ2) is 78.9. The molecule has 12 heteroatoms. The second-order valence-electron chi connectivity index (χ2n) is 42.6. The van der Waals surface area contributed by atoms with Crippen molar-refractivity contribution in [1.82, 2.24) is 40.3 Å². The second-order valence-corrected chi connectivity index (χ2v) is 43.0. The molecule has 1 aromatic carbocycles. The van der Waals surface area contributed by atoms with Crippen LogP contribution in [0.5, 0.6) is 0 Å². The highest BCUT2D eigenvalue weighted by Crippen LogP contribution is 2.37. The summed E-state index contributed by atoms with van der Waals surface area (Å²) in [6.45, 7) is 75.7. The van der Waals surface area contributed by atoms with E-state index in [2.05, 4.69) is 231 Å². The molecule has 3 aromatic rings. The predicted molar refractivity (Wildman–Crippen MR) is 544 cm³/mol. The molecule has 122 heavy (non-hydrogen) atoms. The van der Waals surface area contributed by atoms with Crippen LogP contribution in [0.4, 0.5) is 0 Å². The maximum atomic E-state index is 5.96. The number of nitrogens with one attached hydrogen (secondary N) is 3. The smallest absolute Gasteiger partial charge is 0.191 e. The van der Waals surface area contributed by atoms with Crippen LogP contribution in [0.25, 0.3) is 0 Å². The van der Waals surface area contributed by atoms with Crippen LogP contribution in [0.15, 0.2) is 66.4 Å². The van der Waals surface area contributed by atoms with E-state index in [9.17, 15) is 0 Å². The van der Waals surface area contributed by atoms with Crippen molar-refractivity contribution >= 4 is 17.6 Å². The van der Waals surface area contributed by atoms with Gasteiger partial charge in [0, 0.05) is 81.8 Å². The summed E-state index contributed by atoms with van der Waals surface area (Å²) in [7, 11) is 0. The Bertz CT molecular complexity index is 2640. The van der Waals surface area contributed by atoms with Gasteiger partial charge in [-0.15, -0.1) is 0 Å². The van der Waals surface area contributed by atoms with Gasteiger partial charge in [0.2, 0.25) is 0 Å². The van der Waals surface area contributed by atoms with Crippen LogP contribution in [0.1, 0.15) is 446 Å². The van der Waals surface area contributed by atoms with Crippen LogP contribution >= 0.6 is 11.6 Å². The van der Waals surface area contributed by atoms with Crippen LogP contribution in [0.3, 0.4) is 0 Å². The Balaban J connectivity index is 0.00000132. The first kappa shape index (κ1) is 119. The number of benzene rings is 1. The number of rotatable bonds is 36. The van der Waals surface area contributed by atoms with Crippen molar-refractivity contribution in [2.24, 2.45) is 81.4 Å². The molecular weight excluding hydrogens is 1510 g/mol. The van der Waals surface area contributed by atoms with Crippen molar-refractivity contribution in [2.75, 3.05) is 91.9 Å². The molecule has 7 aliphatic rings. The van der Waals surface area contributed by atoms with Gasteiger partial charge in [-0.1, -0.05) is 332 Å². The van der Waals surface area contributed by atoms with E-state index in [1.54, 1.807) is 0 Å². The van der Waals surface area contributed by atoms with Gasteiger partial charge in [-0.25, -0.2) is 4.98 Å². The summed E-state index contributed by atoms with van der Waals surface area (Å²) < 4.78 is 12.7. The average molecular weight is 1730 g/mol. The Hall–Kier alpha value is -3.06. The molecule has 0 unspecified atom stereocenters. The minimum atomic E-state index is 0.553. The van der Waals surface area contributed by atoms with Crippen molar-refractivity contribution in [1.29, 1.82) is 0 Å². The monoisotopic (exact) mass is 1730 g/mol. The number of hydrogen-bond donors (Lipinski definition) is 3. The molecule has 0 radical (unpaired) electrons. The van der Waals surface area contributed by atoms with Crippen LogP contribution in [-0.4, -0.2) is 128 Å². The molecule has 11 nitrogen and oxygen atoms in total. The lowest BCUT2D eigenvalue weighted by molar-refractivity contribution is 0.0368. The van der Waals surface area contributed by atoms with E-state index in [0.29, 0.717) is 17.3 Å². The number of aliphatic imine (C=N–C) groups is 1. The summed E-state index contributed by atoms with van der Waals surface area (Å²) in [5.74, 6) is 13.0. The fraction of sp³-hybridized carbons (Fsp3) is 0.864. The zero-order valence-electron chi connectivity index (χ0n) is 86.3. The van der Waals surface area contributed by atoms with Gasteiger partial charge in [0.05, 0.1) is 26.1 Å². The standard InChI is InChI=1S/C14H28.C12H25N.C12H24.C10H13Cl.C10H21NO.C9H19N3.C9H16N2.C9H19N.C9H18.C8H11N.C8H18O/c1-12(2)14(3,4)11-10-13-8-6-5-7-9-13;1-11(2)7-6-10-13-12-8-4-3-5-9-12;1-11(2)7-6-10-12-8-4-3-5-9-12;1-7(2)9-5-4-8(3)10(11)6-9;1-10(2)4-3-5-11-6-8-12-9-7-11;1-8(2)4-3-5-10-9-11-6-7-12-9;1-9(2)4-3-6-11-7-5-10-8-11;1-9(2)5-8-10-6-3-4-7-10;1-8(2)9-6-4-3-5-7-9;1-7(2)8-3-5-9-6-4-8;1-4-6-9-7-5-8(2)3/h12-13H,5-11H2,1-4H3;11-13H,3-10H2,1-2H3;11-12H,3-10H2,1-2H3;4-7H,1-3H3;10H,3-9H2,1-2H3;8H,3-7H2,1-2H3,(H2,10,11,12);5,7-9H,3-4,6H2,1-2H3;9H,3-8H2,1-2H3;8-9H,3-7H2,1-2H3;3-7H,1-2H3;8H,4-7H2,1-3H3. The molecule has 0 amide bonds. The van der Waals surface area contributed by atoms with E-state index < -0.39 is 0 Å². The molecule has 0 atom stereocenters. The summed E-state index contributed by atoms with van der Waals surface area (Å²) in [5.41, 5.74) is 4.36. The van der Waals surface area contributed by atoms with Crippen LogP contribution in [0, 0.1) is 83.4 Å². The summed E-state index contributed by atoms with van der Waals surface area (Å²) in [6.07, 6.45) is 63.5. The first-order valence-electron chi connectivity index (χ1n) is 52.2. The molecule has 3 N–H and O–H groups in total. The molecule has 5 heterocycles. The fourth-order valence-corrected chi connectivity index (χ4v) is 16.4. The van der Waals surface area contributed by atoms with Crippen molar-refractivity contribution in [2.45, 2.75) is 448 Å². The SMILES string of the molecule is CC(C)C(C)(C)CCC1CCCCC1.CC(C)C1CCCCC1.CC(C)CCCC1CCCCC1.CC(C)CCCN1CCOCC1.CC(C)CCCNC1=NCCN1.CC(C)CCCNC1CCCCC1.CC(C)CCCn1ccnc1.CC(C)CCN1CCCC1.CC(C)c1ccncc1.CCCOCCC(C)C.Cc1ccc(C(C)C)cc1Cl. The summed E-state index contributed by atoms with van der Waals surface area (Å²) in [5, 5.41) is 11.0. The molecule has 0 bridgehead atoms. The average Bonchev–Trinajstić information content (AvgIpc) is 1.33. The van der Waals surface area contributed by atoms with E-state index in [4.69, 9.17) is 21.1 Å². The minimum Gasteiger partial charge on any atom is -0.381 e. The van der Waals surface area contributed by atoms with E-state index in [1.165, 1.54) is 281 Å². The molecule has 3 aliphatic heterocycles.